The Hall–Kier alpha value is -1.60. The summed E-state index contributed by atoms with van der Waals surface area (Å²) in [6, 6.07) is 14.7. The maximum absolute atomic E-state index is 6.34. The lowest BCUT2D eigenvalue weighted by molar-refractivity contribution is 0.859. The van der Waals surface area contributed by atoms with Crippen molar-refractivity contribution < 1.29 is 0 Å². The highest BCUT2D eigenvalue weighted by molar-refractivity contribution is 5.39. The van der Waals surface area contributed by atoms with E-state index in [0.717, 1.165) is 0 Å². The normalized spacial score (nSPS) is 12.5. The van der Waals surface area contributed by atoms with Gasteiger partial charge in [-0.2, -0.15) is 0 Å². The first kappa shape index (κ1) is 11.9. The van der Waals surface area contributed by atoms with Gasteiger partial charge in [0.1, 0.15) is 0 Å². The van der Waals surface area contributed by atoms with Gasteiger partial charge in [-0.1, -0.05) is 42.5 Å². The summed E-state index contributed by atoms with van der Waals surface area (Å²) in [5, 5.41) is 0. The van der Waals surface area contributed by atoms with Crippen LogP contribution < -0.4 is 5.73 Å². The third kappa shape index (κ3) is 2.40. The molecule has 2 aromatic carbocycles. The van der Waals surface area contributed by atoms with Crippen LogP contribution in [-0.2, 0) is 0 Å². The van der Waals surface area contributed by atoms with Crippen LogP contribution in [0.3, 0.4) is 0 Å². The third-order valence-corrected chi connectivity index (χ3v) is 3.41. The predicted molar refractivity (Wildman–Crippen MR) is 73.1 cm³/mol. The molecule has 1 atom stereocenters. The van der Waals surface area contributed by atoms with E-state index in [1.807, 2.05) is 12.1 Å². The van der Waals surface area contributed by atoms with Gasteiger partial charge in [-0.3, -0.25) is 0 Å². The zero-order chi connectivity index (χ0) is 12.4. The Morgan fingerprint density at radius 1 is 0.824 bits per heavy atom. The molecular formula is C16H19N. The van der Waals surface area contributed by atoms with E-state index in [9.17, 15) is 0 Å². The second kappa shape index (κ2) is 4.72. The second-order valence-corrected chi connectivity index (χ2v) is 4.68. The number of benzene rings is 2. The summed E-state index contributed by atoms with van der Waals surface area (Å²) in [5.74, 6) is 0. The first-order valence-electron chi connectivity index (χ1n) is 5.98. The van der Waals surface area contributed by atoms with Crippen LogP contribution in [0.25, 0.3) is 0 Å². The van der Waals surface area contributed by atoms with E-state index in [2.05, 4.69) is 51.1 Å². The number of nitrogens with two attached hydrogens (primary N) is 1. The molecule has 0 radical (unpaired) electrons. The molecule has 1 nitrogen and oxygen atoms in total. The van der Waals surface area contributed by atoms with E-state index in [0.29, 0.717) is 0 Å². The Bertz CT molecular complexity index is 529. The standard InChI is InChI=1S/C16H19N/c1-11-8-9-14(10-13(11)3)16(17)15-7-5-4-6-12(15)2/h4-10,16H,17H2,1-3H3. The lowest BCUT2D eigenvalue weighted by Gasteiger charge is -2.16. The minimum atomic E-state index is -0.0319. The number of hydrogen-bond donors (Lipinski definition) is 1. The quantitative estimate of drug-likeness (QED) is 0.829. The minimum absolute atomic E-state index is 0.0319. The summed E-state index contributed by atoms with van der Waals surface area (Å²) in [7, 11) is 0. The number of hydrogen-bond acceptors (Lipinski definition) is 1. The van der Waals surface area contributed by atoms with E-state index in [-0.39, 0.29) is 6.04 Å². The van der Waals surface area contributed by atoms with Gasteiger partial charge in [-0.25, -0.2) is 0 Å². The predicted octanol–water partition coefficient (Wildman–Crippen LogP) is 3.66. The molecule has 0 amide bonds. The van der Waals surface area contributed by atoms with Crippen molar-refractivity contribution in [2.75, 3.05) is 0 Å². The van der Waals surface area contributed by atoms with Crippen molar-refractivity contribution in [1.29, 1.82) is 0 Å². The maximum Gasteiger partial charge on any atom is 0.0554 e. The van der Waals surface area contributed by atoms with Gasteiger partial charge in [-0.05, 0) is 48.6 Å². The van der Waals surface area contributed by atoms with Gasteiger partial charge in [0.25, 0.3) is 0 Å². The SMILES string of the molecule is Cc1ccc(C(N)c2ccccc2C)cc1C. The van der Waals surface area contributed by atoms with Crippen LogP contribution in [0.2, 0.25) is 0 Å². The second-order valence-electron chi connectivity index (χ2n) is 4.68. The highest BCUT2D eigenvalue weighted by Crippen LogP contribution is 2.23. The average Bonchev–Trinajstić information content (AvgIpc) is 2.32. The highest BCUT2D eigenvalue weighted by atomic mass is 14.6. The summed E-state index contributed by atoms with van der Waals surface area (Å²) in [6.45, 7) is 6.36. The van der Waals surface area contributed by atoms with E-state index in [4.69, 9.17) is 5.73 Å². The maximum atomic E-state index is 6.34. The van der Waals surface area contributed by atoms with Crippen molar-refractivity contribution in [3.05, 3.63) is 70.3 Å². The summed E-state index contributed by atoms with van der Waals surface area (Å²) in [4.78, 5) is 0. The molecular weight excluding hydrogens is 206 g/mol. The van der Waals surface area contributed by atoms with Crippen LogP contribution in [0.4, 0.5) is 0 Å². The molecule has 17 heavy (non-hydrogen) atoms. The van der Waals surface area contributed by atoms with Crippen molar-refractivity contribution >= 4 is 0 Å². The van der Waals surface area contributed by atoms with Crippen LogP contribution in [-0.4, -0.2) is 0 Å². The molecule has 1 heteroatoms. The van der Waals surface area contributed by atoms with E-state index in [1.165, 1.54) is 27.8 Å². The van der Waals surface area contributed by atoms with E-state index >= 15 is 0 Å². The first-order valence-corrected chi connectivity index (χ1v) is 5.98. The van der Waals surface area contributed by atoms with Crippen LogP contribution in [0.1, 0.15) is 33.9 Å². The molecule has 2 N–H and O–H groups in total. The smallest absolute Gasteiger partial charge is 0.0554 e. The summed E-state index contributed by atoms with van der Waals surface area (Å²) in [5.41, 5.74) is 12.6. The summed E-state index contributed by atoms with van der Waals surface area (Å²) >= 11 is 0. The molecule has 2 aromatic rings. The lowest BCUT2D eigenvalue weighted by Crippen LogP contribution is -2.13. The molecule has 0 aliphatic carbocycles. The summed E-state index contributed by atoms with van der Waals surface area (Å²) < 4.78 is 0. The Balaban J connectivity index is 2.40. The van der Waals surface area contributed by atoms with Crippen molar-refractivity contribution in [3.8, 4) is 0 Å². The van der Waals surface area contributed by atoms with Crippen molar-refractivity contribution in [3.63, 3.8) is 0 Å². The zero-order valence-electron chi connectivity index (χ0n) is 10.7. The number of aryl methyl sites for hydroxylation is 3. The number of rotatable bonds is 2. The largest absolute Gasteiger partial charge is 0.320 e. The molecule has 0 saturated heterocycles. The van der Waals surface area contributed by atoms with Crippen molar-refractivity contribution in [2.45, 2.75) is 26.8 Å². The molecule has 1 unspecified atom stereocenters. The first-order chi connectivity index (χ1) is 8.09. The Labute approximate surface area is 103 Å². The van der Waals surface area contributed by atoms with Gasteiger partial charge in [0, 0.05) is 0 Å². The molecule has 2 rings (SSSR count). The topological polar surface area (TPSA) is 26.0 Å². The Kier molecular flexibility index (Phi) is 3.30. The van der Waals surface area contributed by atoms with E-state index < -0.39 is 0 Å². The molecule has 0 bridgehead atoms. The molecule has 0 spiro atoms. The van der Waals surface area contributed by atoms with Gasteiger partial charge < -0.3 is 5.73 Å². The molecule has 0 aliphatic rings. The van der Waals surface area contributed by atoms with Gasteiger partial charge >= 0.3 is 0 Å². The monoisotopic (exact) mass is 225 g/mol. The molecule has 0 aliphatic heterocycles. The molecule has 88 valence electrons. The van der Waals surface area contributed by atoms with Crippen LogP contribution in [0.15, 0.2) is 42.5 Å². The average molecular weight is 225 g/mol. The Morgan fingerprint density at radius 3 is 2.18 bits per heavy atom. The van der Waals surface area contributed by atoms with Gasteiger partial charge in [0.05, 0.1) is 6.04 Å². The van der Waals surface area contributed by atoms with Crippen LogP contribution in [0, 0.1) is 20.8 Å². The fraction of sp³-hybridized carbons (Fsp3) is 0.250. The van der Waals surface area contributed by atoms with Crippen molar-refractivity contribution in [1.82, 2.24) is 0 Å². The lowest BCUT2D eigenvalue weighted by atomic mass is 9.94. The zero-order valence-corrected chi connectivity index (χ0v) is 10.7. The van der Waals surface area contributed by atoms with Crippen LogP contribution in [0.5, 0.6) is 0 Å². The van der Waals surface area contributed by atoms with Gasteiger partial charge in [-0.15, -0.1) is 0 Å². The fourth-order valence-electron chi connectivity index (χ4n) is 2.07. The highest BCUT2D eigenvalue weighted by Gasteiger charge is 2.11. The van der Waals surface area contributed by atoms with E-state index in [1.54, 1.807) is 0 Å². The summed E-state index contributed by atoms with van der Waals surface area (Å²) in [6.07, 6.45) is 0. The van der Waals surface area contributed by atoms with Crippen LogP contribution >= 0.6 is 0 Å². The third-order valence-electron chi connectivity index (χ3n) is 3.41. The minimum Gasteiger partial charge on any atom is -0.320 e. The molecule has 0 aromatic heterocycles. The fourth-order valence-corrected chi connectivity index (χ4v) is 2.07. The van der Waals surface area contributed by atoms with Gasteiger partial charge in [0.2, 0.25) is 0 Å². The molecule has 0 saturated carbocycles. The van der Waals surface area contributed by atoms with Gasteiger partial charge in [0.15, 0.2) is 0 Å². The van der Waals surface area contributed by atoms with Crippen molar-refractivity contribution in [2.24, 2.45) is 5.73 Å². The molecule has 0 fully saturated rings. The Morgan fingerprint density at radius 2 is 1.53 bits per heavy atom. The molecule has 0 heterocycles.